The molecule has 1 N–H and O–H groups in total. The van der Waals surface area contributed by atoms with Crippen molar-refractivity contribution in [1.29, 1.82) is 0 Å². The van der Waals surface area contributed by atoms with E-state index < -0.39 is 16.6 Å². The summed E-state index contributed by atoms with van der Waals surface area (Å²) in [5.74, 6) is -1.53. The van der Waals surface area contributed by atoms with Gasteiger partial charge in [0.15, 0.2) is 0 Å². The lowest BCUT2D eigenvalue weighted by Crippen LogP contribution is -2.47. The summed E-state index contributed by atoms with van der Waals surface area (Å²) in [4.78, 5) is 37.0. The summed E-state index contributed by atoms with van der Waals surface area (Å²) >= 11 is 0. The van der Waals surface area contributed by atoms with Crippen molar-refractivity contribution in [2.75, 3.05) is 5.32 Å². The number of Topliss-reactive ketones (excluding diaryl/α,β-unsaturated/α-hetero) is 2. The van der Waals surface area contributed by atoms with E-state index in [1.54, 1.807) is 12.1 Å². The van der Waals surface area contributed by atoms with E-state index in [1.807, 2.05) is 32.0 Å². The van der Waals surface area contributed by atoms with Crippen LogP contribution in [0.15, 0.2) is 30.3 Å². The standard InChI is InChI=1S/C16H17NO3/c1-15(2)11-8-9-16(15,13(19)12(11)18)14(20)17-10-6-4-3-5-7-10/h3-7,11H,8-9H2,1-2H3,(H,17,20). The summed E-state index contributed by atoms with van der Waals surface area (Å²) in [7, 11) is 0. The van der Waals surface area contributed by atoms with Gasteiger partial charge in [-0.15, -0.1) is 0 Å². The molecule has 104 valence electrons. The van der Waals surface area contributed by atoms with E-state index in [1.165, 1.54) is 0 Å². The second-order valence-electron chi connectivity index (χ2n) is 6.23. The van der Waals surface area contributed by atoms with E-state index in [-0.39, 0.29) is 17.6 Å². The van der Waals surface area contributed by atoms with Crippen LogP contribution in [0.3, 0.4) is 0 Å². The number of hydrogen-bond acceptors (Lipinski definition) is 3. The largest absolute Gasteiger partial charge is 0.325 e. The molecule has 1 amide bonds. The minimum absolute atomic E-state index is 0.309. The van der Waals surface area contributed by atoms with E-state index in [4.69, 9.17) is 0 Å². The molecule has 20 heavy (non-hydrogen) atoms. The Morgan fingerprint density at radius 1 is 1.20 bits per heavy atom. The van der Waals surface area contributed by atoms with E-state index in [2.05, 4.69) is 5.32 Å². The Kier molecular flexibility index (Phi) is 2.61. The Labute approximate surface area is 117 Å². The topological polar surface area (TPSA) is 63.2 Å². The van der Waals surface area contributed by atoms with Crippen LogP contribution >= 0.6 is 0 Å². The highest BCUT2D eigenvalue weighted by Gasteiger charge is 2.72. The molecule has 2 aliphatic carbocycles. The number of nitrogens with one attached hydrogen (secondary N) is 1. The average molecular weight is 271 g/mol. The van der Waals surface area contributed by atoms with Crippen LogP contribution in [0.2, 0.25) is 0 Å². The normalized spacial score (nSPS) is 30.6. The maximum atomic E-state index is 12.7. The molecule has 2 bridgehead atoms. The van der Waals surface area contributed by atoms with Crippen molar-refractivity contribution in [3.8, 4) is 0 Å². The van der Waals surface area contributed by atoms with Crippen molar-refractivity contribution < 1.29 is 14.4 Å². The quantitative estimate of drug-likeness (QED) is 0.662. The molecule has 2 saturated carbocycles. The zero-order valence-electron chi connectivity index (χ0n) is 11.6. The second kappa shape index (κ2) is 4.01. The highest BCUT2D eigenvalue weighted by molar-refractivity contribution is 6.48. The number of anilines is 1. The lowest BCUT2D eigenvalue weighted by atomic mass is 9.68. The number of rotatable bonds is 2. The van der Waals surface area contributed by atoms with Gasteiger partial charge in [-0.1, -0.05) is 32.0 Å². The summed E-state index contributed by atoms with van der Waals surface area (Å²) in [6, 6.07) is 9.03. The molecular weight excluding hydrogens is 254 g/mol. The summed E-state index contributed by atoms with van der Waals surface area (Å²) in [5.41, 5.74) is -1.14. The van der Waals surface area contributed by atoms with Crippen LogP contribution < -0.4 is 5.32 Å². The molecule has 0 aliphatic heterocycles. The van der Waals surface area contributed by atoms with Gasteiger partial charge < -0.3 is 5.32 Å². The first kappa shape index (κ1) is 13.0. The molecule has 0 spiro atoms. The third kappa shape index (κ3) is 1.39. The number of fused-ring (bicyclic) bond motifs is 2. The molecule has 2 aliphatic rings. The first-order valence-corrected chi connectivity index (χ1v) is 6.86. The van der Waals surface area contributed by atoms with Crippen molar-refractivity contribution in [2.24, 2.45) is 16.7 Å². The zero-order valence-corrected chi connectivity index (χ0v) is 11.6. The van der Waals surface area contributed by atoms with Gasteiger partial charge in [0.25, 0.3) is 0 Å². The van der Waals surface area contributed by atoms with Gasteiger partial charge in [0.05, 0.1) is 0 Å². The Balaban J connectivity index is 1.98. The van der Waals surface area contributed by atoms with Gasteiger partial charge in [-0.25, -0.2) is 0 Å². The lowest BCUT2D eigenvalue weighted by Gasteiger charge is -2.33. The minimum Gasteiger partial charge on any atom is -0.325 e. The van der Waals surface area contributed by atoms with Gasteiger partial charge in [0.2, 0.25) is 17.5 Å². The molecular formula is C16H17NO3. The number of amides is 1. The van der Waals surface area contributed by atoms with E-state index >= 15 is 0 Å². The lowest BCUT2D eigenvalue weighted by molar-refractivity contribution is -0.147. The summed E-state index contributed by atoms with van der Waals surface area (Å²) in [6.45, 7) is 3.72. The monoisotopic (exact) mass is 271 g/mol. The third-order valence-corrected chi connectivity index (χ3v) is 5.13. The fraction of sp³-hybridized carbons (Fsp3) is 0.438. The molecule has 1 aromatic carbocycles. The molecule has 4 heteroatoms. The minimum atomic E-state index is -1.19. The molecule has 0 saturated heterocycles. The van der Waals surface area contributed by atoms with Crippen LogP contribution in [-0.2, 0) is 14.4 Å². The number of carbonyl (C=O) groups is 3. The number of hydrogen-bond donors (Lipinski definition) is 1. The number of benzene rings is 1. The molecule has 1 aromatic rings. The van der Waals surface area contributed by atoms with Crippen LogP contribution in [-0.4, -0.2) is 17.5 Å². The predicted octanol–water partition coefficient (Wildman–Crippen LogP) is 2.20. The molecule has 2 atom stereocenters. The van der Waals surface area contributed by atoms with Crippen molar-refractivity contribution in [3.63, 3.8) is 0 Å². The number of para-hydroxylation sites is 1. The maximum absolute atomic E-state index is 12.7. The second-order valence-corrected chi connectivity index (χ2v) is 6.23. The van der Waals surface area contributed by atoms with Crippen LogP contribution in [0.5, 0.6) is 0 Å². The Bertz CT molecular complexity index is 605. The van der Waals surface area contributed by atoms with Gasteiger partial charge in [-0.05, 0) is 30.4 Å². The van der Waals surface area contributed by atoms with E-state index in [0.29, 0.717) is 18.5 Å². The Morgan fingerprint density at radius 2 is 1.85 bits per heavy atom. The summed E-state index contributed by atoms with van der Waals surface area (Å²) < 4.78 is 0. The molecule has 0 aromatic heterocycles. The first-order chi connectivity index (χ1) is 9.41. The summed E-state index contributed by atoms with van der Waals surface area (Å²) in [5, 5.41) is 2.80. The molecule has 0 radical (unpaired) electrons. The molecule has 0 heterocycles. The van der Waals surface area contributed by atoms with Crippen molar-refractivity contribution in [2.45, 2.75) is 26.7 Å². The van der Waals surface area contributed by atoms with Crippen LogP contribution in [0.25, 0.3) is 0 Å². The smallest absolute Gasteiger partial charge is 0.239 e. The van der Waals surface area contributed by atoms with Gasteiger partial charge >= 0.3 is 0 Å². The van der Waals surface area contributed by atoms with Crippen LogP contribution in [0.1, 0.15) is 26.7 Å². The highest BCUT2D eigenvalue weighted by Crippen LogP contribution is 2.62. The fourth-order valence-corrected chi connectivity index (χ4v) is 3.84. The Morgan fingerprint density at radius 3 is 2.40 bits per heavy atom. The summed E-state index contributed by atoms with van der Waals surface area (Å²) in [6.07, 6.45) is 1.09. The van der Waals surface area contributed by atoms with Crippen molar-refractivity contribution in [3.05, 3.63) is 30.3 Å². The van der Waals surface area contributed by atoms with Gasteiger partial charge in [0, 0.05) is 11.6 Å². The predicted molar refractivity (Wildman–Crippen MR) is 74.0 cm³/mol. The van der Waals surface area contributed by atoms with Crippen molar-refractivity contribution >= 4 is 23.2 Å². The number of carbonyl (C=O) groups excluding carboxylic acids is 3. The van der Waals surface area contributed by atoms with Crippen molar-refractivity contribution in [1.82, 2.24) is 0 Å². The van der Waals surface area contributed by atoms with E-state index in [0.717, 1.165) is 0 Å². The Hall–Kier alpha value is -1.97. The van der Waals surface area contributed by atoms with Crippen LogP contribution in [0.4, 0.5) is 5.69 Å². The highest BCUT2D eigenvalue weighted by atomic mass is 16.2. The molecule has 2 unspecified atom stereocenters. The first-order valence-electron chi connectivity index (χ1n) is 6.86. The third-order valence-electron chi connectivity index (χ3n) is 5.13. The fourth-order valence-electron chi connectivity index (χ4n) is 3.84. The van der Waals surface area contributed by atoms with Gasteiger partial charge in [-0.3, -0.25) is 14.4 Å². The SMILES string of the molecule is CC1(C)C2CCC1(C(=O)Nc1ccccc1)C(=O)C2=O. The maximum Gasteiger partial charge on any atom is 0.239 e. The molecule has 3 rings (SSSR count). The average Bonchev–Trinajstić information content (AvgIpc) is 2.76. The molecule has 2 fully saturated rings. The van der Waals surface area contributed by atoms with Crippen LogP contribution in [0, 0.1) is 16.7 Å². The van der Waals surface area contributed by atoms with Gasteiger partial charge in [-0.2, -0.15) is 0 Å². The molecule has 4 nitrogen and oxygen atoms in total. The number of ketones is 2. The zero-order chi connectivity index (χ0) is 14.5. The van der Waals surface area contributed by atoms with E-state index in [9.17, 15) is 14.4 Å². The van der Waals surface area contributed by atoms with Gasteiger partial charge in [0.1, 0.15) is 5.41 Å².